The number of hydrogen-bond donors (Lipinski definition) is 0. The largest absolute Gasteiger partial charge is 0.458 e. The first-order chi connectivity index (χ1) is 35.2. The lowest BCUT2D eigenvalue weighted by Crippen LogP contribution is -2.64. The molecule has 0 unspecified atom stereocenters. The van der Waals surface area contributed by atoms with Crippen molar-refractivity contribution in [3.8, 4) is 64.2 Å². The average Bonchev–Trinajstić information content (AvgIpc) is 3.38. The van der Waals surface area contributed by atoms with Crippen LogP contribution in [-0.2, 0) is 10.8 Å². The number of hydrogen-bond acceptors (Lipinski definition) is 10. The van der Waals surface area contributed by atoms with Crippen molar-refractivity contribution in [3.05, 3.63) is 155 Å². The molecular formula is C60H42B3N5O4S. The summed E-state index contributed by atoms with van der Waals surface area (Å²) in [4.78, 5) is 2.24. The van der Waals surface area contributed by atoms with Crippen LogP contribution in [0.25, 0.3) is 0 Å². The zero-order valence-electron chi connectivity index (χ0n) is 41.1. The van der Waals surface area contributed by atoms with E-state index in [0.29, 0.717) is 51.2 Å². The van der Waals surface area contributed by atoms with Crippen LogP contribution in [0.15, 0.2) is 127 Å². The Kier molecular flexibility index (Phi) is 8.95. The Morgan fingerprint density at radius 1 is 0.411 bits per heavy atom. The molecule has 0 N–H and O–H groups in total. The Morgan fingerprint density at radius 3 is 1.34 bits per heavy atom. The average molecular weight is 962 g/mol. The van der Waals surface area contributed by atoms with Gasteiger partial charge in [0, 0.05) is 40.9 Å². The summed E-state index contributed by atoms with van der Waals surface area (Å²) in [6.07, 6.45) is 2.05. The van der Waals surface area contributed by atoms with Gasteiger partial charge in [-0.2, -0.15) is 15.8 Å². The summed E-state index contributed by atoms with van der Waals surface area (Å²) in [6, 6.07) is 50.8. The number of benzene rings is 8. The van der Waals surface area contributed by atoms with Crippen LogP contribution in [-0.4, -0.2) is 26.4 Å². The highest BCUT2D eigenvalue weighted by Crippen LogP contribution is 2.47. The molecule has 0 aromatic heterocycles. The molecule has 0 amide bonds. The number of anilines is 5. The Hall–Kier alpha value is -8.43. The van der Waals surface area contributed by atoms with E-state index in [1.54, 1.807) is 11.9 Å². The molecule has 6 heterocycles. The summed E-state index contributed by atoms with van der Waals surface area (Å²) in [7, 11) is 0. The molecule has 0 atom stereocenters. The van der Waals surface area contributed by atoms with Gasteiger partial charge in [0.05, 0.1) is 46.3 Å². The Morgan fingerprint density at radius 2 is 0.836 bits per heavy atom. The number of para-hydroxylation sites is 1. The SMILES string of the molecule is CSN1c2cc3c(cc2B2c4cc5c(cc4Oc4cc(C#N)cc1c42)N(c1ccccc1)c1cc(C#N)cc2c1B5c1cc(C(C)(C)C)ccc1O2)B1c2cc(C(C)(C)C)ccc2Oc2cc(C#N)cc(c21)O3. The predicted octanol–water partition coefficient (Wildman–Crippen LogP) is 8.38. The zero-order valence-corrected chi connectivity index (χ0v) is 42.0. The van der Waals surface area contributed by atoms with Crippen LogP contribution < -0.4 is 77.3 Å². The molecule has 0 saturated carbocycles. The second-order valence-electron chi connectivity index (χ2n) is 21.8. The number of fused-ring (bicyclic) bond motifs is 12. The molecule has 0 saturated heterocycles. The van der Waals surface area contributed by atoms with Gasteiger partial charge in [-0.05, 0) is 138 Å². The van der Waals surface area contributed by atoms with E-state index in [2.05, 4.69) is 142 Å². The smallest absolute Gasteiger partial charge is 0.260 e. The van der Waals surface area contributed by atoms with E-state index in [-0.39, 0.29) is 31.0 Å². The minimum absolute atomic E-state index is 0.131. The molecule has 9 nitrogen and oxygen atoms in total. The van der Waals surface area contributed by atoms with Crippen LogP contribution in [0.2, 0.25) is 0 Å². The predicted molar refractivity (Wildman–Crippen MR) is 295 cm³/mol. The van der Waals surface area contributed by atoms with Gasteiger partial charge >= 0.3 is 0 Å². The molecule has 14 rings (SSSR count). The highest BCUT2D eigenvalue weighted by atomic mass is 32.2. The summed E-state index contributed by atoms with van der Waals surface area (Å²) in [6.45, 7) is 12.5. The summed E-state index contributed by atoms with van der Waals surface area (Å²) in [5.74, 6) is 5.36. The molecule has 8 aromatic rings. The van der Waals surface area contributed by atoms with Gasteiger partial charge in [-0.25, -0.2) is 0 Å². The van der Waals surface area contributed by atoms with Crippen LogP contribution >= 0.6 is 11.9 Å². The van der Waals surface area contributed by atoms with E-state index in [1.807, 2.05) is 60.9 Å². The first kappa shape index (κ1) is 43.4. The van der Waals surface area contributed by atoms with Crippen molar-refractivity contribution in [2.75, 3.05) is 15.5 Å². The van der Waals surface area contributed by atoms with Crippen molar-refractivity contribution >= 4 is 110 Å². The molecule has 8 aromatic carbocycles. The highest BCUT2D eigenvalue weighted by Gasteiger charge is 2.49. The van der Waals surface area contributed by atoms with E-state index in [4.69, 9.17) is 18.9 Å². The van der Waals surface area contributed by atoms with E-state index in [0.717, 1.165) is 89.1 Å². The van der Waals surface area contributed by atoms with E-state index < -0.39 is 0 Å². The molecule has 0 spiro atoms. The van der Waals surface area contributed by atoms with Crippen LogP contribution in [0, 0.1) is 34.0 Å². The fourth-order valence-corrected chi connectivity index (χ4v) is 12.8. The summed E-state index contributed by atoms with van der Waals surface area (Å²) >= 11 is 1.56. The normalized spacial score (nSPS) is 14.3. The quantitative estimate of drug-likeness (QED) is 0.124. The molecular weight excluding hydrogens is 919 g/mol. The first-order valence-electron chi connectivity index (χ1n) is 24.5. The fourth-order valence-electron chi connectivity index (χ4n) is 12.1. The first-order valence-corrected chi connectivity index (χ1v) is 25.7. The summed E-state index contributed by atoms with van der Waals surface area (Å²) in [5.41, 5.74) is 17.1. The second kappa shape index (κ2) is 15.1. The Labute approximate surface area is 429 Å². The second-order valence-corrected chi connectivity index (χ2v) is 22.5. The van der Waals surface area contributed by atoms with Crippen LogP contribution in [0.4, 0.5) is 28.4 Å². The molecule has 0 aliphatic carbocycles. The van der Waals surface area contributed by atoms with Gasteiger partial charge in [0.15, 0.2) is 0 Å². The maximum atomic E-state index is 10.6. The molecule has 6 aliphatic rings. The minimum Gasteiger partial charge on any atom is -0.458 e. The molecule has 346 valence electrons. The van der Waals surface area contributed by atoms with Gasteiger partial charge in [-0.15, -0.1) is 0 Å². The van der Waals surface area contributed by atoms with Crippen LogP contribution in [0.1, 0.15) is 69.4 Å². The van der Waals surface area contributed by atoms with Crippen molar-refractivity contribution in [2.24, 2.45) is 0 Å². The van der Waals surface area contributed by atoms with Crippen molar-refractivity contribution in [1.82, 2.24) is 0 Å². The summed E-state index contributed by atoms with van der Waals surface area (Å²) in [5, 5.41) is 31.3. The van der Waals surface area contributed by atoms with Gasteiger partial charge < -0.3 is 23.8 Å². The Bertz CT molecular complexity index is 3980. The number of nitriles is 3. The zero-order chi connectivity index (χ0) is 50.0. The van der Waals surface area contributed by atoms with Crippen molar-refractivity contribution in [1.29, 1.82) is 15.8 Å². The van der Waals surface area contributed by atoms with Gasteiger partial charge in [-0.3, -0.25) is 4.31 Å². The van der Waals surface area contributed by atoms with Gasteiger partial charge in [0.1, 0.15) is 46.0 Å². The van der Waals surface area contributed by atoms with E-state index in [1.165, 1.54) is 11.1 Å². The van der Waals surface area contributed by atoms with Crippen molar-refractivity contribution < 1.29 is 18.9 Å². The monoisotopic (exact) mass is 961 g/mol. The molecule has 6 aliphatic heterocycles. The van der Waals surface area contributed by atoms with E-state index in [9.17, 15) is 15.8 Å². The molecule has 0 radical (unpaired) electrons. The number of nitrogens with zero attached hydrogens (tertiary/aromatic N) is 5. The number of ether oxygens (including phenoxy) is 4. The maximum absolute atomic E-state index is 10.6. The number of rotatable bonds is 2. The van der Waals surface area contributed by atoms with Crippen molar-refractivity contribution in [2.45, 2.75) is 52.4 Å². The minimum atomic E-state index is -0.343. The van der Waals surface area contributed by atoms with Gasteiger partial charge in [0.2, 0.25) is 0 Å². The highest BCUT2D eigenvalue weighted by molar-refractivity contribution is 8.00. The van der Waals surface area contributed by atoms with E-state index >= 15 is 0 Å². The fraction of sp³-hybridized carbons (Fsp3) is 0.150. The van der Waals surface area contributed by atoms with Crippen molar-refractivity contribution in [3.63, 3.8) is 0 Å². The third kappa shape index (κ3) is 6.17. The molecule has 0 bridgehead atoms. The Balaban J connectivity index is 1.06. The lowest BCUT2D eigenvalue weighted by molar-refractivity contribution is 0.464. The molecule has 0 fully saturated rings. The third-order valence-corrected chi connectivity index (χ3v) is 16.3. The molecule has 73 heavy (non-hydrogen) atoms. The van der Waals surface area contributed by atoms with Gasteiger partial charge in [0.25, 0.3) is 20.1 Å². The summed E-state index contributed by atoms with van der Waals surface area (Å²) < 4.78 is 29.9. The standard InChI is InChI=1S/C60H42B3N5O4S/c1-59(2,3)35-13-15-48-40(23-35)61-38-25-42-50(27-44(38)67(37-11-9-8-10-12-37)46-17-32(29-64)19-52(69-48)56(46)61)71-53-20-33(30-65)18-47-57(53)62(42)39-26-43-51(28-45(39)68(47)73-7)72-55-22-34(31-66)21-54-58(55)63(43)41-24-36(60(4,5)6)14-16-49(41)70-54/h8-28H,1-7H3. The van der Waals surface area contributed by atoms with Gasteiger partial charge in [-0.1, -0.05) is 96.1 Å². The third-order valence-electron chi connectivity index (χ3n) is 15.5. The molecule has 13 heteroatoms. The topological polar surface area (TPSA) is 115 Å². The maximum Gasteiger partial charge on any atom is 0.260 e. The lowest BCUT2D eigenvalue weighted by atomic mass is 9.30. The van der Waals surface area contributed by atoms with Crippen LogP contribution in [0.5, 0.6) is 46.0 Å². The van der Waals surface area contributed by atoms with Crippen LogP contribution in [0.3, 0.4) is 0 Å². The lowest BCUT2D eigenvalue weighted by Gasteiger charge is -2.43.